The highest BCUT2D eigenvalue weighted by atomic mass is 19.4. The fourth-order valence-electron chi connectivity index (χ4n) is 2.94. The van der Waals surface area contributed by atoms with Gasteiger partial charge in [-0.1, -0.05) is 6.07 Å². The average Bonchev–Trinajstić information content (AvgIpc) is 2.38. The number of ether oxygens (including phenoxy) is 1. The van der Waals surface area contributed by atoms with E-state index in [4.69, 9.17) is 4.74 Å². The van der Waals surface area contributed by atoms with Gasteiger partial charge in [0.2, 0.25) is 0 Å². The lowest BCUT2D eigenvalue weighted by Gasteiger charge is -2.62. The van der Waals surface area contributed by atoms with Crippen molar-refractivity contribution in [1.82, 2.24) is 4.90 Å². The molecule has 2 atom stereocenters. The number of carbonyl (C=O) groups excluding carboxylic acids is 1. The first kappa shape index (κ1) is 16.0. The Morgan fingerprint density at radius 2 is 1.87 bits per heavy atom. The van der Waals surface area contributed by atoms with Crippen LogP contribution in [0.25, 0.3) is 0 Å². The van der Waals surface area contributed by atoms with Crippen LogP contribution in [0.5, 0.6) is 0 Å². The molecular formula is C16H19F3N2O2. The molecule has 126 valence electrons. The Morgan fingerprint density at radius 3 is 2.39 bits per heavy atom. The van der Waals surface area contributed by atoms with Crippen LogP contribution in [0, 0.1) is 0 Å². The smallest absolute Gasteiger partial charge is 0.416 e. The summed E-state index contributed by atoms with van der Waals surface area (Å²) in [5.41, 5.74) is -0.654. The molecule has 1 aromatic carbocycles. The molecule has 0 bridgehead atoms. The largest absolute Gasteiger partial charge is 0.444 e. The Labute approximate surface area is 132 Å². The average molecular weight is 328 g/mol. The predicted molar refractivity (Wildman–Crippen MR) is 79.3 cm³/mol. The second-order valence-electron chi connectivity index (χ2n) is 6.97. The molecule has 0 spiro atoms. The lowest BCUT2D eigenvalue weighted by atomic mass is 9.85. The fourth-order valence-corrected chi connectivity index (χ4v) is 2.94. The molecule has 0 saturated carbocycles. The Bertz CT molecular complexity index is 624. The summed E-state index contributed by atoms with van der Waals surface area (Å²) in [4.78, 5) is 15.5. The van der Waals surface area contributed by atoms with Gasteiger partial charge in [-0.15, -0.1) is 0 Å². The zero-order chi connectivity index (χ0) is 17.0. The van der Waals surface area contributed by atoms with E-state index in [0.717, 1.165) is 12.1 Å². The number of amides is 1. The van der Waals surface area contributed by atoms with Crippen molar-refractivity contribution in [3.8, 4) is 0 Å². The zero-order valence-electron chi connectivity index (χ0n) is 13.2. The summed E-state index contributed by atoms with van der Waals surface area (Å²) in [5, 5.41) is 0. The molecule has 2 saturated heterocycles. The van der Waals surface area contributed by atoms with Crippen LogP contribution in [-0.4, -0.2) is 41.8 Å². The van der Waals surface area contributed by atoms with Gasteiger partial charge in [-0.25, -0.2) is 4.79 Å². The minimum absolute atomic E-state index is 0.0272. The van der Waals surface area contributed by atoms with E-state index in [9.17, 15) is 18.0 Å². The number of benzene rings is 1. The van der Waals surface area contributed by atoms with E-state index in [1.807, 2.05) is 4.90 Å². The Hall–Kier alpha value is -1.92. The molecule has 3 rings (SSSR count). The monoisotopic (exact) mass is 328 g/mol. The van der Waals surface area contributed by atoms with Gasteiger partial charge in [-0.3, -0.25) is 4.90 Å². The zero-order valence-corrected chi connectivity index (χ0v) is 13.2. The minimum Gasteiger partial charge on any atom is -0.444 e. The SMILES string of the molecule is CC(C)(C)OC(=O)N1CC2C1CN2c1cccc(C(F)(F)F)c1. The van der Waals surface area contributed by atoms with Gasteiger partial charge in [0.15, 0.2) is 0 Å². The van der Waals surface area contributed by atoms with E-state index in [1.165, 1.54) is 6.07 Å². The van der Waals surface area contributed by atoms with Gasteiger partial charge in [0, 0.05) is 18.8 Å². The van der Waals surface area contributed by atoms with Crippen LogP contribution in [0.4, 0.5) is 23.7 Å². The highest BCUT2D eigenvalue weighted by molar-refractivity contribution is 5.72. The van der Waals surface area contributed by atoms with Crippen molar-refractivity contribution in [2.75, 3.05) is 18.0 Å². The molecule has 1 aromatic rings. The minimum atomic E-state index is -4.34. The third kappa shape index (κ3) is 2.96. The number of anilines is 1. The topological polar surface area (TPSA) is 32.8 Å². The van der Waals surface area contributed by atoms with Crippen molar-refractivity contribution in [3.63, 3.8) is 0 Å². The molecule has 0 radical (unpaired) electrons. The summed E-state index contributed by atoms with van der Waals surface area (Å²) in [5.74, 6) is 0. The van der Waals surface area contributed by atoms with E-state index in [2.05, 4.69) is 0 Å². The van der Waals surface area contributed by atoms with Gasteiger partial charge in [-0.2, -0.15) is 13.2 Å². The lowest BCUT2D eigenvalue weighted by molar-refractivity contribution is -0.137. The molecule has 4 nitrogen and oxygen atoms in total. The van der Waals surface area contributed by atoms with Crippen LogP contribution in [0.2, 0.25) is 0 Å². The number of likely N-dealkylation sites (tertiary alicyclic amines) is 1. The number of carbonyl (C=O) groups is 1. The van der Waals surface area contributed by atoms with Gasteiger partial charge in [0.1, 0.15) is 5.60 Å². The maximum Gasteiger partial charge on any atom is 0.416 e. The van der Waals surface area contributed by atoms with Gasteiger partial charge in [0.05, 0.1) is 17.6 Å². The number of piperazine rings is 1. The van der Waals surface area contributed by atoms with Crippen LogP contribution < -0.4 is 4.90 Å². The molecule has 2 aliphatic rings. The number of hydrogen-bond acceptors (Lipinski definition) is 3. The number of halogens is 3. The molecule has 0 aromatic heterocycles. The fraction of sp³-hybridized carbons (Fsp3) is 0.562. The lowest BCUT2D eigenvalue weighted by Crippen LogP contribution is -2.80. The van der Waals surface area contributed by atoms with Crippen molar-refractivity contribution in [3.05, 3.63) is 29.8 Å². The molecule has 7 heteroatoms. The van der Waals surface area contributed by atoms with E-state index < -0.39 is 17.3 Å². The summed E-state index contributed by atoms with van der Waals surface area (Å²) in [6, 6.07) is 5.41. The summed E-state index contributed by atoms with van der Waals surface area (Å²) < 4.78 is 43.7. The van der Waals surface area contributed by atoms with Gasteiger partial charge in [0.25, 0.3) is 0 Å². The van der Waals surface area contributed by atoms with Crippen molar-refractivity contribution in [2.24, 2.45) is 0 Å². The Balaban J connectivity index is 1.63. The van der Waals surface area contributed by atoms with Crippen LogP contribution in [0.1, 0.15) is 26.3 Å². The number of hydrogen-bond donors (Lipinski definition) is 0. The van der Waals surface area contributed by atoms with Crippen LogP contribution in [0.3, 0.4) is 0 Å². The van der Waals surface area contributed by atoms with Gasteiger partial charge >= 0.3 is 12.3 Å². The quantitative estimate of drug-likeness (QED) is 0.791. The van der Waals surface area contributed by atoms with E-state index in [-0.39, 0.29) is 18.2 Å². The third-order valence-electron chi connectivity index (χ3n) is 4.15. The first-order valence-corrected chi connectivity index (χ1v) is 7.50. The molecule has 0 aliphatic carbocycles. The van der Waals surface area contributed by atoms with E-state index >= 15 is 0 Å². The van der Waals surface area contributed by atoms with Gasteiger partial charge in [-0.05, 0) is 39.0 Å². The molecular weight excluding hydrogens is 309 g/mol. The highest BCUT2D eigenvalue weighted by Crippen LogP contribution is 2.40. The van der Waals surface area contributed by atoms with Crippen molar-refractivity contribution >= 4 is 11.8 Å². The number of nitrogens with zero attached hydrogens (tertiary/aromatic N) is 2. The molecule has 2 aliphatic heterocycles. The predicted octanol–water partition coefficient (Wildman–Crippen LogP) is 3.51. The van der Waals surface area contributed by atoms with Crippen LogP contribution in [-0.2, 0) is 10.9 Å². The maximum atomic E-state index is 12.8. The maximum absolute atomic E-state index is 12.8. The van der Waals surface area contributed by atoms with E-state index in [1.54, 1.807) is 31.7 Å². The number of rotatable bonds is 1. The van der Waals surface area contributed by atoms with Crippen molar-refractivity contribution < 1.29 is 22.7 Å². The molecule has 2 fully saturated rings. The number of alkyl halides is 3. The van der Waals surface area contributed by atoms with E-state index in [0.29, 0.717) is 18.8 Å². The summed E-state index contributed by atoms with van der Waals surface area (Å²) in [6.07, 6.45) is -4.70. The highest BCUT2D eigenvalue weighted by Gasteiger charge is 2.54. The van der Waals surface area contributed by atoms with Crippen molar-refractivity contribution in [1.29, 1.82) is 0 Å². The molecule has 2 unspecified atom stereocenters. The summed E-state index contributed by atoms with van der Waals surface area (Å²) in [7, 11) is 0. The first-order valence-electron chi connectivity index (χ1n) is 7.50. The van der Waals surface area contributed by atoms with Crippen LogP contribution >= 0.6 is 0 Å². The standard InChI is InChI=1S/C16H19F3N2O2/c1-15(2,3)23-14(22)21-9-12-13(21)8-20(12)11-6-4-5-10(7-11)16(17,18)19/h4-7,12-13H,8-9H2,1-3H3. The second kappa shape index (κ2) is 5.04. The summed E-state index contributed by atoms with van der Waals surface area (Å²) >= 11 is 0. The second-order valence-corrected chi connectivity index (χ2v) is 6.97. The Morgan fingerprint density at radius 1 is 1.17 bits per heavy atom. The number of fused-ring (bicyclic) bond motifs is 1. The van der Waals surface area contributed by atoms with Gasteiger partial charge < -0.3 is 9.64 Å². The van der Waals surface area contributed by atoms with Crippen molar-refractivity contribution in [2.45, 2.75) is 44.6 Å². The van der Waals surface area contributed by atoms with Crippen LogP contribution in [0.15, 0.2) is 24.3 Å². The Kier molecular flexibility index (Phi) is 3.50. The molecule has 1 amide bonds. The summed E-state index contributed by atoms with van der Waals surface area (Å²) in [6.45, 7) is 6.43. The third-order valence-corrected chi connectivity index (χ3v) is 4.15. The first-order chi connectivity index (χ1) is 10.6. The molecule has 2 heterocycles. The molecule has 23 heavy (non-hydrogen) atoms. The molecule has 0 N–H and O–H groups in total. The normalized spacial score (nSPS) is 23.7.